The van der Waals surface area contributed by atoms with Crippen molar-refractivity contribution in [2.24, 2.45) is 0 Å². The largest absolute Gasteiger partial charge is 0.472 e. The Kier molecular flexibility index (Phi) is 8.31. The fourth-order valence-corrected chi connectivity index (χ4v) is 4.11. The van der Waals surface area contributed by atoms with Crippen molar-refractivity contribution in [3.63, 3.8) is 0 Å². The molecule has 0 unspecified atom stereocenters. The van der Waals surface area contributed by atoms with Gasteiger partial charge in [-0.2, -0.15) is 5.10 Å². The number of hydrogen-bond acceptors (Lipinski definition) is 9. The number of imide groups is 1. The first kappa shape index (κ1) is 28.2. The molecule has 15 heteroatoms. The number of carbonyl (C=O) groups is 3. The number of phosphoric ester groups is 1. The molecule has 14 nitrogen and oxygen atoms in total. The average molecular weight is 561 g/mol. The van der Waals surface area contributed by atoms with E-state index < -0.39 is 26.6 Å². The molecule has 1 aliphatic carbocycles. The standard InChI is InChI=1S/C24H29N6O8P/c1-4-9-25-22(31)18-11-29-20(15(18)3)21(26-12-27-29)28-19-10-16(6-5-14(19)2)23(32)30(17-7-8-17)24(33)37-13-38-39(34,35)36/h5-6,10-12,17H,4,7-9,13H2,1-3H3,(H,25,31)(H,26,27,28)(H2,34,35,36). The first-order valence-corrected chi connectivity index (χ1v) is 13.7. The maximum atomic E-state index is 13.3. The van der Waals surface area contributed by atoms with Crippen molar-refractivity contribution in [1.82, 2.24) is 24.8 Å². The zero-order chi connectivity index (χ0) is 28.3. The van der Waals surface area contributed by atoms with Gasteiger partial charge >= 0.3 is 13.9 Å². The molecule has 0 atom stereocenters. The normalized spacial score (nSPS) is 13.3. The number of phosphoric acid groups is 1. The van der Waals surface area contributed by atoms with Crippen LogP contribution in [0.15, 0.2) is 30.7 Å². The highest BCUT2D eigenvalue weighted by Crippen LogP contribution is 2.36. The summed E-state index contributed by atoms with van der Waals surface area (Å²) in [6, 6.07) is 4.44. The summed E-state index contributed by atoms with van der Waals surface area (Å²) in [6.45, 7) is 5.14. The van der Waals surface area contributed by atoms with Crippen molar-refractivity contribution in [2.45, 2.75) is 46.1 Å². The molecule has 0 spiro atoms. The van der Waals surface area contributed by atoms with Crippen molar-refractivity contribution < 1.29 is 38.0 Å². The molecule has 4 rings (SSSR count). The number of ether oxygens (including phenoxy) is 1. The Morgan fingerprint density at radius 3 is 2.64 bits per heavy atom. The van der Waals surface area contributed by atoms with E-state index in [1.807, 2.05) is 13.8 Å². The van der Waals surface area contributed by atoms with Crippen molar-refractivity contribution in [2.75, 3.05) is 18.7 Å². The number of carbonyl (C=O) groups excluding carboxylic acids is 3. The molecule has 4 N–H and O–H groups in total. The van der Waals surface area contributed by atoms with Crippen molar-refractivity contribution in [3.8, 4) is 0 Å². The summed E-state index contributed by atoms with van der Waals surface area (Å²) in [7, 11) is -4.84. The third kappa shape index (κ3) is 6.60. The maximum absolute atomic E-state index is 13.3. The fourth-order valence-electron chi connectivity index (χ4n) is 3.92. The predicted octanol–water partition coefficient (Wildman–Crippen LogP) is 3.04. The monoisotopic (exact) mass is 560 g/mol. The molecular weight excluding hydrogens is 531 g/mol. The molecule has 1 fully saturated rings. The van der Waals surface area contributed by atoms with Gasteiger partial charge in [-0.15, -0.1) is 0 Å². The fraction of sp³-hybridized carbons (Fsp3) is 0.375. The summed E-state index contributed by atoms with van der Waals surface area (Å²) in [6.07, 6.45) is 3.87. The van der Waals surface area contributed by atoms with Gasteiger partial charge in [-0.25, -0.2) is 28.3 Å². The summed E-state index contributed by atoms with van der Waals surface area (Å²) < 4.78 is 21.3. The number of aromatic nitrogens is 3. The second kappa shape index (κ2) is 11.5. The highest BCUT2D eigenvalue weighted by molar-refractivity contribution is 7.46. The van der Waals surface area contributed by atoms with Gasteiger partial charge in [0.1, 0.15) is 11.8 Å². The molecule has 2 aromatic heterocycles. The summed E-state index contributed by atoms with van der Waals surface area (Å²) >= 11 is 0. The van der Waals surface area contributed by atoms with Gasteiger partial charge in [0.15, 0.2) is 5.82 Å². The van der Waals surface area contributed by atoms with Crippen LogP contribution in [0.3, 0.4) is 0 Å². The third-order valence-electron chi connectivity index (χ3n) is 6.08. The van der Waals surface area contributed by atoms with E-state index in [1.165, 1.54) is 6.33 Å². The minimum absolute atomic E-state index is 0.180. The molecule has 39 heavy (non-hydrogen) atoms. The summed E-state index contributed by atoms with van der Waals surface area (Å²) in [5, 5.41) is 10.3. The van der Waals surface area contributed by atoms with Crippen LogP contribution in [-0.4, -0.2) is 66.6 Å². The van der Waals surface area contributed by atoms with Crippen LogP contribution in [0.4, 0.5) is 16.3 Å². The molecule has 208 valence electrons. The molecule has 0 radical (unpaired) electrons. The number of anilines is 2. The van der Waals surface area contributed by atoms with Gasteiger partial charge < -0.3 is 25.2 Å². The lowest BCUT2D eigenvalue weighted by Gasteiger charge is -2.21. The molecule has 0 aliphatic heterocycles. The van der Waals surface area contributed by atoms with Crippen LogP contribution in [0.25, 0.3) is 5.52 Å². The van der Waals surface area contributed by atoms with E-state index in [9.17, 15) is 18.9 Å². The van der Waals surface area contributed by atoms with Crippen LogP contribution in [0.5, 0.6) is 0 Å². The van der Waals surface area contributed by atoms with Crippen LogP contribution in [0.1, 0.15) is 58.0 Å². The van der Waals surface area contributed by atoms with Gasteiger partial charge in [-0.3, -0.25) is 9.59 Å². The van der Waals surface area contributed by atoms with Crippen LogP contribution < -0.4 is 10.6 Å². The number of hydrogen-bond donors (Lipinski definition) is 4. The molecule has 2 heterocycles. The lowest BCUT2D eigenvalue weighted by atomic mass is 10.1. The van der Waals surface area contributed by atoms with Crippen LogP contribution >= 0.6 is 7.82 Å². The van der Waals surface area contributed by atoms with E-state index in [4.69, 9.17) is 14.5 Å². The number of aryl methyl sites for hydroxylation is 2. The van der Waals surface area contributed by atoms with Gasteiger partial charge in [0, 0.05) is 30.0 Å². The SMILES string of the molecule is CCCNC(=O)c1cn2ncnc(Nc3cc(C(=O)N(C(=O)OCOP(=O)(O)O)C4CC4)ccc3C)c2c1C. The van der Waals surface area contributed by atoms with Crippen molar-refractivity contribution >= 4 is 42.8 Å². The topological polar surface area (TPSA) is 185 Å². The van der Waals surface area contributed by atoms with E-state index in [1.54, 1.807) is 35.8 Å². The van der Waals surface area contributed by atoms with Gasteiger partial charge in [0.05, 0.1) is 5.56 Å². The first-order chi connectivity index (χ1) is 18.5. The number of fused-ring (bicyclic) bond motifs is 1. The first-order valence-electron chi connectivity index (χ1n) is 12.2. The van der Waals surface area contributed by atoms with E-state index >= 15 is 0 Å². The minimum Gasteiger partial charge on any atom is -0.421 e. The molecule has 0 bridgehead atoms. The Hall–Kier alpha value is -3.84. The molecule has 1 saturated carbocycles. The number of nitrogens with zero attached hydrogens (tertiary/aromatic N) is 4. The number of nitrogens with one attached hydrogen (secondary N) is 2. The summed E-state index contributed by atoms with van der Waals surface area (Å²) in [4.78, 5) is 61.3. The van der Waals surface area contributed by atoms with E-state index in [0.717, 1.165) is 16.9 Å². The number of amides is 3. The quantitative estimate of drug-likeness (QED) is 0.211. The van der Waals surface area contributed by atoms with Crippen LogP contribution in [-0.2, 0) is 13.8 Å². The molecule has 0 saturated heterocycles. The molecule has 1 aromatic carbocycles. The summed E-state index contributed by atoms with van der Waals surface area (Å²) in [5.41, 5.74) is 3.23. The molecule has 3 amide bonds. The molecule has 3 aromatic rings. The number of benzene rings is 1. The highest BCUT2D eigenvalue weighted by Gasteiger charge is 2.39. The lowest BCUT2D eigenvalue weighted by molar-refractivity contribution is 0.0193. The zero-order valence-electron chi connectivity index (χ0n) is 21.6. The van der Waals surface area contributed by atoms with Gasteiger partial charge in [0.25, 0.3) is 11.8 Å². The van der Waals surface area contributed by atoms with Crippen molar-refractivity contribution in [3.05, 3.63) is 53.0 Å². The molecule has 1 aliphatic rings. The van der Waals surface area contributed by atoms with E-state index in [0.29, 0.717) is 47.5 Å². The van der Waals surface area contributed by atoms with E-state index in [2.05, 4.69) is 25.2 Å². The second-order valence-corrected chi connectivity index (χ2v) is 10.3. The second-order valence-electron chi connectivity index (χ2n) is 9.03. The average Bonchev–Trinajstić information content (AvgIpc) is 3.65. The Balaban J connectivity index is 1.59. The van der Waals surface area contributed by atoms with Crippen molar-refractivity contribution in [1.29, 1.82) is 0 Å². The highest BCUT2D eigenvalue weighted by atomic mass is 31.2. The van der Waals surface area contributed by atoms with Crippen LogP contribution in [0.2, 0.25) is 0 Å². The van der Waals surface area contributed by atoms with Crippen LogP contribution in [0, 0.1) is 13.8 Å². The van der Waals surface area contributed by atoms with E-state index in [-0.39, 0.29) is 17.5 Å². The van der Waals surface area contributed by atoms with Gasteiger partial charge in [-0.05, 0) is 56.4 Å². The smallest absolute Gasteiger partial charge is 0.421 e. The lowest BCUT2D eigenvalue weighted by Crippen LogP contribution is -2.39. The minimum atomic E-state index is -4.84. The van der Waals surface area contributed by atoms with Gasteiger partial charge in [0.2, 0.25) is 6.79 Å². The summed E-state index contributed by atoms with van der Waals surface area (Å²) in [5.74, 6) is -0.436. The van der Waals surface area contributed by atoms with Gasteiger partial charge in [-0.1, -0.05) is 13.0 Å². The number of rotatable bonds is 10. The Morgan fingerprint density at radius 2 is 1.97 bits per heavy atom. The molecular formula is C24H29N6O8P. The Bertz CT molecular complexity index is 1460. The predicted molar refractivity (Wildman–Crippen MR) is 138 cm³/mol. The zero-order valence-corrected chi connectivity index (χ0v) is 22.5. The Morgan fingerprint density at radius 1 is 1.23 bits per heavy atom. The Labute approximate surface area is 223 Å². The maximum Gasteiger partial charge on any atom is 0.472 e. The third-order valence-corrected chi connectivity index (χ3v) is 6.52.